The van der Waals surface area contributed by atoms with Crippen molar-refractivity contribution in [2.45, 2.75) is 6.10 Å². The topological polar surface area (TPSA) is 61.2 Å². The molecular weight excluding hydrogens is 300 g/mol. The maximum absolute atomic E-state index is 8.50. The van der Waals surface area contributed by atoms with Gasteiger partial charge in [0.15, 0.2) is 5.75 Å². The Morgan fingerprint density at radius 2 is 2.05 bits per heavy atom. The van der Waals surface area contributed by atoms with Crippen molar-refractivity contribution in [3.8, 4) is 16.9 Å². The molecule has 0 saturated heterocycles. The van der Waals surface area contributed by atoms with E-state index in [1.54, 1.807) is 0 Å². The summed E-state index contributed by atoms with van der Waals surface area (Å²) in [5, 5.41) is 4.31. The summed E-state index contributed by atoms with van der Waals surface area (Å²) in [5.41, 5.74) is 11.4. The van der Waals surface area contributed by atoms with Crippen molar-refractivity contribution in [2.24, 2.45) is 5.11 Å². The van der Waals surface area contributed by atoms with E-state index in [9.17, 15) is 0 Å². The summed E-state index contributed by atoms with van der Waals surface area (Å²) in [6.45, 7) is 0.981. The van der Waals surface area contributed by atoms with Crippen LogP contribution in [-0.2, 0) is 0 Å². The molecule has 0 N–H and O–H groups in total. The molecule has 0 saturated carbocycles. The highest BCUT2D eigenvalue weighted by molar-refractivity contribution is 6.33. The highest BCUT2D eigenvalue weighted by Gasteiger charge is 2.26. The van der Waals surface area contributed by atoms with Crippen LogP contribution < -0.4 is 9.64 Å². The standard InChI is InChI=1S/C16H15ClN4O/c1-21-10-11(9-19-20-18)22-16-13(6-4-8-15(16)21)12-5-2-3-7-14(12)17/h2-8,11H,9-10H2,1H3. The Labute approximate surface area is 133 Å². The molecule has 112 valence electrons. The van der Waals surface area contributed by atoms with Crippen LogP contribution in [0, 0.1) is 0 Å². The van der Waals surface area contributed by atoms with E-state index < -0.39 is 0 Å². The molecule has 0 amide bonds. The Bertz CT molecular complexity index is 743. The molecule has 0 bridgehead atoms. The first kappa shape index (κ1) is 14.6. The molecule has 0 spiro atoms. The molecular formula is C16H15ClN4O. The van der Waals surface area contributed by atoms with Crippen LogP contribution in [0.1, 0.15) is 0 Å². The third-order valence-corrected chi connectivity index (χ3v) is 4.01. The Balaban J connectivity index is 2.07. The molecule has 2 aromatic rings. The fourth-order valence-electron chi connectivity index (χ4n) is 2.67. The molecule has 2 aromatic carbocycles. The molecule has 0 radical (unpaired) electrons. The summed E-state index contributed by atoms with van der Waals surface area (Å²) in [7, 11) is 2.00. The summed E-state index contributed by atoms with van der Waals surface area (Å²) in [5.74, 6) is 0.780. The molecule has 1 aliphatic heterocycles. The smallest absolute Gasteiger partial charge is 0.150 e. The maximum atomic E-state index is 8.50. The summed E-state index contributed by atoms with van der Waals surface area (Å²) in [4.78, 5) is 4.92. The number of halogens is 1. The third-order valence-electron chi connectivity index (χ3n) is 3.68. The second kappa shape index (κ2) is 6.18. The van der Waals surface area contributed by atoms with Gasteiger partial charge in [-0.25, -0.2) is 0 Å². The number of rotatable bonds is 3. The van der Waals surface area contributed by atoms with Crippen LogP contribution in [0.3, 0.4) is 0 Å². The lowest BCUT2D eigenvalue weighted by Crippen LogP contribution is -2.39. The lowest BCUT2D eigenvalue weighted by atomic mass is 10.0. The van der Waals surface area contributed by atoms with E-state index in [2.05, 4.69) is 14.9 Å². The predicted molar refractivity (Wildman–Crippen MR) is 88.6 cm³/mol. The number of para-hydroxylation sites is 1. The van der Waals surface area contributed by atoms with Gasteiger partial charge >= 0.3 is 0 Å². The third kappa shape index (κ3) is 2.69. The zero-order valence-electron chi connectivity index (χ0n) is 12.1. The molecule has 0 fully saturated rings. The van der Waals surface area contributed by atoms with Gasteiger partial charge in [-0.1, -0.05) is 47.0 Å². The van der Waals surface area contributed by atoms with Crippen LogP contribution in [0.2, 0.25) is 5.02 Å². The summed E-state index contributed by atoms with van der Waals surface area (Å²) in [6.07, 6.45) is -0.169. The Morgan fingerprint density at radius 1 is 1.27 bits per heavy atom. The van der Waals surface area contributed by atoms with Crippen LogP contribution in [0.5, 0.6) is 5.75 Å². The largest absolute Gasteiger partial charge is 0.486 e. The SMILES string of the molecule is CN1CC(CN=[N+]=[N-])Oc2c(-c3ccccc3Cl)cccc21. The molecule has 0 aliphatic carbocycles. The number of hydrogen-bond acceptors (Lipinski definition) is 3. The van der Waals surface area contributed by atoms with Gasteiger partial charge in [-0.15, -0.1) is 0 Å². The van der Waals surface area contributed by atoms with Crippen molar-refractivity contribution in [2.75, 3.05) is 25.0 Å². The average molecular weight is 315 g/mol. The number of fused-ring (bicyclic) bond motifs is 1. The first-order chi connectivity index (χ1) is 10.7. The van der Waals surface area contributed by atoms with E-state index in [4.69, 9.17) is 21.9 Å². The van der Waals surface area contributed by atoms with Crippen molar-refractivity contribution in [1.29, 1.82) is 0 Å². The predicted octanol–water partition coefficient (Wildman–Crippen LogP) is 4.51. The van der Waals surface area contributed by atoms with Gasteiger partial charge in [0.2, 0.25) is 0 Å². The molecule has 3 rings (SSSR count). The summed E-state index contributed by atoms with van der Waals surface area (Å²) < 4.78 is 6.08. The minimum Gasteiger partial charge on any atom is -0.486 e. The van der Waals surface area contributed by atoms with E-state index in [0.29, 0.717) is 18.1 Å². The Kier molecular flexibility index (Phi) is 4.09. The van der Waals surface area contributed by atoms with Crippen LogP contribution in [-0.4, -0.2) is 26.2 Å². The van der Waals surface area contributed by atoms with Crippen molar-refractivity contribution < 1.29 is 4.74 Å². The van der Waals surface area contributed by atoms with E-state index >= 15 is 0 Å². The number of nitrogens with zero attached hydrogens (tertiary/aromatic N) is 4. The lowest BCUT2D eigenvalue weighted by Gasteiger charge is -2.34. The van der Waals surface area contributed by atoms with Gasteiger partial charge in [0.05, 0.1) is 18.8 Å². The van der Waals surface area contributed by atoms with E-state index in [1.165, 1.54) is 0 Å². The monoisotopic (exact) mass is 314 g/mol. The Hall–Kier alpha value is -2.36. The molecule has 1 heterocycles. The fraction of sp³-hybridized carbons (Fsp3) is 0.250. The average Bonchev–Trinajstić information content (AvgIpc) is 2.53. The second-order valence-corrected chi connectivity index (χ2v) is 5.57. The fourth-order valence-corrected chi connectivity index (χ4v) is 2.91. The van der Waals surface area contributed by atoms with Crippen LogP contribution in [0.25, 0.3) is 21.6 Å². The van der Waals surface area contributed by atoms with Gasteiger partial charge < -0.3 is 9.64 Å². The number of azide groups is 1. The minimum atomic E-state index is -0.169. The van der Waals surface area contributed by atoms with Gasteiger partial charge in [0.25, 0.3) is 0 Å². The lowest BCUT2D eigenvalue weighted by molar-refractivity contribution is 0.205. The second-order valence-electron chi connectivity index (χ2n) is 5.17. The molecule has 22 heavy (non-hydrogen) atoms. The number of ether oxygens (including phenoxy) is 1. The Morgan fingerprint density at radius 3 is 2.82 bits per heavy atom. The van der Waals surface area contributed by atoms with Crippen molar-refractivity contribution >= 4 is 17.3 Å². The molecule has 5 nitrogen and oxygen atoms in total. The van der Waals surface area contributed by atoms with E-state index in [-0.39, 0.29) is 6.10 Å². The van der Waals surface area contributed by atoms with Crippen LogP contribution >= 0.6 is 11.6 Å². The molecule has 6 heteroatoms. The van der Waals surface area contributed by atoms with Gasteiger partial charge in [-0.2, -0.15) is 0 Å². The van der Waals surface area contributed by atoms with E-state index in [1.807, 2.05) is 49.5 Å². The molecule has 0 aromatic heterocycles. The van der Waals surface area contributed by atoms with Gasteiger partial charge in [-0.3, -0.25) is 0 Å². The number of likely N-dealkylation sites (N-methyl/N-ethyl adjacent to an activating group) is 1. The van der Waals surface area contributed by atoms with Crippen molar-refractivity contribution in [3.63, 3.8) is 0 Å². The zero-order valence-corrected chi connectivity index (χ0v) is 12.9. The van der Waals surface area contributed by atoms with E-state index in [0.717, 1.165) is 22.6 Å². The molecule has 1 atom stereocenters. The van der Waals surface area contributed by atoms with Crippen molar-refractivity contribution in [1.82, 2.24) is 0 Å². The van der Waals surface area contributed by atoms with Crippen LogP contribution in [0.4, 0.5) is 5.69 Å². The van der Waals surface area contributed by atoms with Gasteiger partial charge in [0, 0.05) is 28.1 Å². The first-order valence-electron chi connectivity index (χ1n) is 6.97. The van der Waals surface area contributed by atoms with Gasteiger partial charge in [-0.05, 0) is 17.7 Å². The number of benzene rings is 2. The summed E-state index contributed by atoms with van der Waals surface area (Å²) in [6, 6.07) is 13.7. The molecule has 1 unspecified atom stereocenters. The van der Waals surface area contributed by atoms with Gasteiger partial charge in [0.1, 0.15) is 6.10 Å². The zero-order chi connectivity index (χ0) is 15.5. The maximum Gasteiger partial charge on any atom is 0.150 e. The summed E-state index contributed by atoms with van der Waals surface area (Å²) >= 11 is 6.32. The number of hydrogen-bond donors (Lipinski definition) is 0. The minimum absolute atomic E-state index is 0.169. The first-order valence-corrected chi connectivity index (χ1v) is 7.35. The highest BCUT2D eigenvalue weighted by atomic mass is 35.5. The highest BCUT2D eigenvalue weighted by Crippen LogP contribution is 2.43. The number of anilines is 1. The van der Waals surface area contributed by atoms with Crippen LogP contribution in [0.15, 0.2) is 47.6 Å². The molecule has 1 aliphatic rings. The normalized spacial score (nSPS) is 16.5. The quantitative estimate of drug-likeness (QED) is 0.475. The van der Waals surface area contributed by atoms with Crippen molar-refractivity contribution in [3.05, 3.63) is 57.9 Å².